The van der Waals surface area contributed by atoms with Gasteiger partial charge in [-0.3, -0.25) is 14.9 Å². The molecule has 0 spiro atoms. The molecule has 2 N–H and O–H groups in total. The maximum absolute atomic E-state index is 12.5. The van der Waals surface area contributed by atoms with Gasteiger partial charge in [-0.15, -0.1) is 10.2 Å². The molecule has 8 heteroatoms. The van der Waals surface area contributed by atoms with Gasteiger partial charge in [0.2, 0.25) is 10.6 Å². The van der Waals surface area contributed by atoms with E-state index in [1.54, 1.807) is 12.1 Å². The first kappa shape index (κ1) is 16.6. The van der Waals surface area contributed by atoms with Crippen molar-refractivity contribution in [1.82, 2.24) is 15.2 Å². The average molecular weight is 363 g/mol. The van der Waals surface area contributed by atoms with E-state index in [0.29, 0.717) is 27.0 Å². The smallest absolute Gasteiger partial charge is 0.262 e. The number of carbonyl (C=O) groups is 1. The number of rotatable bonds is 4. The number of aromatic amines is 1. The summed E-state index contributed by atoms with van der Waals surface area (Å²) in [4.78, 5) is 27.8. The van der Waals surface area contributed by atoms with E-state index in [0.717, 1.165) is 11.4 Å². The third-order valence-electron chi connectivity index (χ3n) is 3.36. The van der Waals surface area contributed by atoms with Crippen LogP contribution in [0.2, 0.25) is 5.02 Å². The van der Waals surface area contributed by atoms with E-state index in [2.05, 4.69) is 34.3 Å². The Morgan fingerprint density at radius 2 is 2.17 bits per heavy atom. The van der Waals surface area contributed by atoms with E-state index < -0.39 is 5.91 Å². The molecule has 2 aromatic heterocycles. The summed E-state index contributed by atoms with van der Waals surface area (Å²) < 4.78 is 0. The number of H-pyrrole nitrogens is 1. The van der Waals surface area contributed by atoms with Crippen molar-refractivity contribution in [2.24, 2.45) is 5.92 Å². The van der Waals surface area contributed by atoms with Gasteiger partial charge >= 0.3 is 0 Å². The van der Waals surface area contributed by atoms with E-state index in [1.165, 1.54) is 23.6 Å². The molecule has 0 unspecified atom stereocenters. The maximum atomic E-state index is 12.5. The fourth-order valence-electron chi connectivity index (χ4n) is 2.26. The molecule has 0 aliphatic carbocycles. The fraction of sp³-hybridized carbons (Fsp3) is 0.250. The summed E-state index contributed by atoms with van der Waals surface area (Å²) in [7, 11) is 0. The van der Waals surface area contributed by atoms with Gasteiger partial charge in [0.05, 0.1) is 0 Å². The van der Waals surface area contributed by atoms with Crippen molar-refractivity contribution in [1.29, 1.82) is 0 Å². The third-order valence-corrected chi connectivity index (χ3v) is 4.45. The summed E-state index contributed by atoms with van der Waals surface area (Å²) in [5.74, 6) is -0.0695. The number of amides is 1. The minimum absolute atomic E-state index is 0.00498. The van der Waals surface area contributed by atoms with E-state index in [1.807, 2.05) is 0 Å². The molecular formula is C16H15ClN4O2S. The largest absolute Gasteiger partial charge is 0.360 e. The van der Waals surface area contributed by atoms with Gasteiger partial charge < -0.3 is 4.98 Å². The normalized spacial score (nSPS) is 11.2. The molecule has 0 saturated carbocycles. The summed E-state index contributed by atoms with van der Waals surface area (Å²) in [6.45, 7) is 4.17. The lowest BCUT2D eigenvalue weighted by Crippen LogP contribution is -2.21. The number of anilines is 1. The quantitative estimate of drug-likeness (QED) is 0.743. The molecule has 1 amide bonds. The highest BCUT2D eigenvalue weighted by Gasteiger charge is 2.16. The highest BCUT2D eigenvalue weighted by molar-refractivity contribution is 7.15. The highest BCUT2D eigenvalue weighted by atomic mass is 35.5. The molecule has 6 nitrogen and oxygen atoms in total. The van der Waals surface area contributed by atoms with E-state index >= 15 is 0 Å². The van der Waals surface area contributed by atoms with Crippen molar-refractivity contribution >= 4 is 44.9 Å². The van der Waals surface area contributed by atoms with Crippen LogP contribution in [-0.2, 0) is 6.42 Å². The fourth-order valence-corrected chi connectivity index (χ4v) is 3.38. The minimum Gasteiger partial charge on any atom is -0.360 e. The highest BCUT2D eigenvalue weighted by Crippen LogP contribution is 2.19. The van der Waals surface area contributed by atoms with Crippen LogP contribution in [0, 0.1) is 5.92 Å². The van der Waals surface area contributed by atoms with Crippen LogP contribution in [0.5, 0.6) is 0 Å². The number of carbonyl (C=O) groups excluding carboxylic acids is 1. The molecule has 0 saturated heterocycles. The minimum atomic E-state index is -0.523. The second kappa shape index (κ2) is 6.70. The Labute approximate surface area is 146 Å². The Kier molecular flexibility index (Phi) is 4.64. The summed E-state index contributed by atoms with van der Waals surface area (Å²) >= 11 is 7.24. The van der Waals surface area contributed by atoms with Gasteiger partial charge in [-0.2, -0.15) is 0 Å². The zero-order valence-corrected chi connectivity index (χ0v) is 14.7. The van der Waals surface area contributed by atoms with E-state index in [-0.39, 0.29) is 11.0 Å². The van der Waals surface area contributed by atoms with Crippen LogP contribution < -0.4 is 10.7 Å². The van der Waals surface area contributed by atoms with Gasteiger partial charge in [0.25, 0.3) is 5.91 Å². The number of hydrogen-bond donors (Lipinski definition) is 2. The van der Waals surface area contributed by atoms with Gasteiger partial charge in [-0.05, 0) is 24.1 Å². The molecule has 0 fully saturated rings. The predicted octanol–water partition coefficient (Wildman–Crippen LogP) is 3.48. The van der Waals surface area contributed by atoms with Crippen molar-refractivity contribution < 1.29 is 4.79 Å². The molecule has 0 atom stereocenters. The lowest BCUT2D eigenvalue weighted by Gasteiger charge is -2.03. The number of benzene rings is 1. The molecule has 0 radical (unpaired) electrons. The van der Waals surface area contributed by atoms with Crippen LogP contribution in [0.4, 0.5) is 5.13 Å². The standard InChI is InChI=1S/C16H15ClN4O2S/c1-8(2)5-13-20-21-16(24-13)19-15(23)11-7-18-12-4-3-9(17)6-10(12)14(11)22/h3-4,6-8H,5H2,1-2H3,(H,18,22)(H,19,21,23). The zero-order valence-electron chi connectivity index (χ0n) is 13.1. The number of nitrogens with one attached hydrogen (secondary N) is 2. The second-order valence-corrected chi connectivity index (χ2v) is 7.27. The Hall–Kier alpha value is -2.25. The van der Waals surface area contributed by atoms with Crippen molar-refractivity contribution in [2.45, 2.75) is 20.3 Å². The van der Waals surface area contributed by atoms with Gasteiger partial charge in [-0.25, -0.2) is 0 Å². The molecule has 1 aromatic carbocycles. The predicted molar refractivity (Wildman–Crippen MR) is 96.0 cm³/mol. The molecule has 124 valence electrons. The van der Waals surface area contributed by atoms with Gasteiger partial charge in [0.1, 0.15) is 10.6 Å². The Bertz CT molecular complexity index is 964. The van der Waals surface area contributed by atoms with Crippen LogP contribution in [0.15, 0.2) is 29.2 Å². The van der Waals surface area contributed by atoms with E-state index in [9.17, 15) is 9.59 Å². The van der Waals surface area contributed by atoms with Crippen molar-refractivity contribution in [3.05, 3.63) is 50.2 Å². The Morgan fingerprint density at radius 1 is 1.38 bits per heavy atom. The third kappa shape index (κ3) is 3.47. The van der Waals surface area contributed by atoms with Crippen LogP contribution in [0.1, 0.15) is 29.2 Å². The molecule has 0 aliphatic rings. The SMILES string of the molecule is CC(C)Cc1nnc(NC(=O)c2c[nH]c3ccc(Cl)cc3c2=O)s1. The molecule has 3 aromatic rings. The number of aromatic nitrogens is 3. The van der Waals surface area contributed by atoms with Crippen LogP contribution in [0.3, 0.4) is 0 Å². The number of pyridine rings is 1. The average Bonchev–Trinajstić information content (AvgIpc) is 2.94. The number of nitrogens with zero attached hydrogens (tertiary/aromatic N) is 2. The van der Waals surface area contributed by atoms with Crippen molar-refractivity contribution in [3.8, 4) is 0 Å². The molecule has 3 rings (SSSR count). The van der Waals surface area contributed by atoms with Gasteiger partial charge in [0, 0.05) is 28.5 Å². The van der Waals surface area contributed by atoms with Crippen molar-refractivity contribution in [3.63, 3.8) is 0 Å². The first-order valence-electron chi connectivity index (χ1n) is 7.38. The number of fused-ring (bicyclic) bond motifs is 1. The molecular weight excluding hydrogens is 348 g/mol. The Morgan fingerprint density at radius 3 is 2.92 bits per heavy atom. The summed E-state index contributed by atoms with van der Waals surface area (Å²) in [6, 6.07) is 4.92. The molecule has 0 aliphatic heterocycles. The van der Waals surface area contributed by atoms with Gasteiger partial charge in [0.15, 0.2) is 0 Å². The first-order chi connectivity index (χ1) is 11.4. The van der Waals surface area contributed by atoms with E-state index in [4.69, 9.17) is 11.6 Å². The molecule has 2 heterocycles. The Balaban J connectivity index is 1.87. The number of halogens is 1. The van der Waals surface area contributed by atoms with Gasteiger partial charge in [-0.1, -0.05) is 36.8 Å². The summed E-state index contributed by atoms with van der Waals surface area (Å²) in [6.07, 6.45) is 2.19. The topological polar surface area (TPSA) is 87.7 Å². The van der Waals surface area contributed by atoms with Crippen LogP contribution in [-0.4, -0.2) is 21.1 Å². The van der Waals surface area contributed by atoms with Crippen molar-refractivity contribution in [2.75, 3.05) is 5.32 Å². The first-order valence-corrected chi connectivity index (χ1v) is 8.58. The van der Waals surface area contributed by atoms with Crippen LogP contribution in [0.25, 0.3) is 10.9 Å². The number of hydrogen-bond acceptors (Lipinski definition) is 5. The summed E-state index contributed by atoms with van der Waals surface area (Å²) in [5, 5.41) is 12.6. The summed E-state index contributed by atoms with van der Waals surface area (Å²) in [5.41, 5.74) is 0.247. The zero-order chi connectivity index (χ0) is 17.3. The lowest BCUT2D eigenvalue weighted by atomic mass is 10.1. The second-order valence-electron chi connectivity index (χ2n) is 5.77. The maximum Gasteiger partial charge on any atom is 0.262 e. The van der Waals surface area contributed by atoms with Crippen LogP contribution >= 0.6 is 22.9 Å². The molecule has 0 bridgehead atoms. The monoisotopic (exact) mass is 362 g/mol. The lowest BCUT2D eigenvalue weighted by molar-refractivity contribution is 0.102. The molecule has 24 heavy (non-hydrogen) atoms.